The van der Waals surface area contributed by atoms with Crippen LogP contribution in [-0.2, 0) is 9.59 Å². The van der Waals surface area contributed by atoms with Crippen LogP contribution in [-0.4, -0.2) is 57.2 Å². The number of nitrogens with one attached hydrogen (secondary N) is 1. The number of amides is 1. The summed E-state index contributed by atoms with van der Waals surface area (Å²) in [6.45, 7) is 6.46. The normalized spacial score (nSPS) is 45.4. The van der Waals surface area contributed by atoms with Gasteiger partial charge in [0.15, 0.2) is 0 Å². The summed E-state index contributed by atoms with van der Waals surface area (Å²) in [5.74, 6) is 1.06. The van der Waals surface area contributed by atoms with Gasteiger partial charge in [0.2, 0.25) is 5.91 Å². The third-order valence-corrected chi connectivity index (χ3v) is 11.1. The molecule has 7 nitrogen and oxygen atoms in total. The molecule has 0 saturated heterocycles. The number of aliphatic hydroxyl groups excluding tert-OH is 3. The Bertz CT molecular complexity index is 774. The van der Waals surface area contributed by atoms with Gasteiger partial charge in [0.25, 0.3) is 0 Å². The highest BCUT2D eigenvalue weighted by Crippen LogP contribution is 2.68. The molecule has 0 aromatic rings. The van der Waals surface area contributed by atoms with Crippen molar-refractivity contribution in [3.05, 3.63) is 0 Å². The Morgan fingerprint density at radius 2 is 1.68 bits per heavy atom. The monoisotopic (exact) mass is 479 g/mol. The lowest BCUT2D eigenvalue weighted by Crippen LogP contribution is -2.58. The average Bonchev–Trinajstić information content (AvgIpc) is 3.14. The molecule has 11 atom stereocenters. The molecule has 0 radical (unpaired) electrons. The zero-order valence-corrected chi connectivity index (χ0v) is 21.1. The van der Waals surface area contributed by atoms with Gasteiger partial charge in [-0.2, -0.15) is 0 Å². The smallest absolute Gasteiger partial charge is 0.328 e. The molecule has 4 fully saturated rings. The number of aliphatic hydroxyl groups is 3. The summed E-state index contributed by atoms with van der Waals surface area (Å²) in [4.78, 5) is 23.4. The predicted octanol–water partition coefficient (Wildman–Crippen LogP) is 2.96. The summed E-state index contributed by atoms with van der Waals surface area (Å²) in [6, 6.07) is -1.25. The van der Waals surface area contributed by atoms with E-state index < -0.39 is 18.6 Å². The molecule has 0 bridgehead atoms. The Morgan fingerprint density at radius 1 is 1.00 bits per heavy atom. The Hall–Kier alpha value is -1.18. The van der Waals surface area contributed by atoms with Crippen LogP contribution < -0.4 is 5.32 Å². The minimum absolute atomic E-state index is 0.157. The molecule has 0 aromatic carbocycles. The van der Waals surface area contributed by atoms with Gasteiger partial charge < -0.3 is 25.7 Å². The minimum atomic E-state index is -1.25. The molecule has 5 N–H and O–H groups in total. The molecule has 0 aliphatic heterocycles. The largest absolute Gasteiger partial charge is 0.480 e. The van der Waals surface area contributed by atoms with Gasteiger partial charge in [-0.15, -0.1) is 0 Å². The molecule has 4 rings (SSSR count). The van der Waals surface area contributed by atoms with E-state index in [4.69, 9.17) is 10.2 Å². The maximum absolute atomic E-state index is 12.3. The van der Waals surface area contributed by atoms with Crippen molar-refractivity contribution in [3.63, 3.8) is 0 Å². The van der Waals surface area contributed by atoms with Gasteiger partial charge in [-0.1, -0.05) is 20.8 Å². The van der Waals surface area contributed by atoms with E-state index in [0.29, 0.717) is 41.9 Å². The van der Waals surface area contributed by atoms with E-state index in [0.717, 1.165) is 51.4 Å². The number of hydrogen-bond donors (Lipinski definition) is 5. The van der Waals surface area contributed by atoms with Crippen molar-refractivity contribution in [1.29, 1.82) is 0 Å². The van der Waals surface area contributed by atoms with Gasteiger partial charge in [0, 0.05) is 6.42 Å². The van der Waals surface area contributed by atoms with Crippen LogP contribution in [0.5, 0.6) is 0 Å². The van der Waals surface area contributed by atoms with Crippen LogP contribution in [0.15, 0.2) is 0 Å². The number of carbonyl (C=O) groups is 2. The Morgan fingerprint density at radius 3 is 2.35 bits per heavy atom. The van der Waals surface area contributed by atoms with Crippen LogP contribution in [0, 0.1) is 46.3 Å². The van der Waals surface area contributed by atoms with Crippen molar-refractivity contribution in [2.45, 2.75) is 103 Å². The molecule has 0 heterocycles. The highest BCUT2D eigenvalue weighted by Gasteiger charge is 2.62. The third kappa shape index (κ3) is 4.41. The number of carboxylic acids is 1. The molecule has 11 unspecified atom stereocenters. The minimum Gasteiger partial charge on any atom is -0.480 e. The molecule has 4 aliphatic rings. The van der Waals surface area contributed by atoms with Crippen LogP contribution >= 0.6 is 0 Å². The van der Waals surface area contributed by atoms with Crippen molar-refractivity contribution < 1.29 is 30.0 Å². The van der Waals surface area contributed by atoms with Crippen LogP contribution in [0.25, 0.3) is 0 Å². The van der Waals surface area contributed by atoms with E-state index in [1.54, 1.807) is 0 Å². The number of fused-ring (bicyclic) bond motifs is 5. The SMILES string of the molecule is CC(CCC(=O)NC(CO)C(=O)O)C1CCC2C3C(O)CC4CC(O)CCC4(C)C3CCC12C. The third-order valence-electron chi connectivity index (χ3n) is 11.1. The number of rotatable bonds is 7. The van der Waals surface area contributed by atoms with E-state index in [-0.39, 0.29) is 35.4 Å². The fourth-order valence-corrected chi connectivity index (χ4v) is 9.19. The summed E-state index contributed by atoms with van der Waals surface area (Å²) in [6.07, 6.45) is 8.60. The zero-order chi connectivity index (χ0) is 24.8. The van der Waals surface area contributed by atoms with Crippen LogP contribution in [0.3, 0.4) is 0 Å². The molecule has 34 heavy (non-hydrogen) atoms. The number of aliphatic carboxylic acids is 1. The lowest BCUT2D eigenvalue weighted by molar-refractivity contribution is -0.174. The van der Waals surface area contributed by atoms with Crippen molar-refractivity contribution in [2.75, 3.05) is 6.61 Å². The number of carbonyl (C=O) groups excluding carboxylic acids is 1. The van der Waals surface area contributed by atoms with E-state index >= 15 is 0 Å². The van der Waals surface area contributed by atoms with Crippen molar-refractivity contribution in [2.24, 2.45) is 46.3 Å². The molecular weight excluding hydrogens is 434 g/mol. The zero-order valence-electron chi connectivity index (χ0n) is 21.1. The number of hydrogen-bond acceptors (Lipinski definition) is 5. The molecule has 0 spiro atoms. The summed E-state index contributed by atoms with van der Waals surface area (Å²) in [5.41, 5.74) is 0.379. The standard InChI is InChI=1S/C27H45NO6/c1-15(4-7-23(32)28-21(14-29)25(33)34)18-5-6-19-24-20(9-11-27(18,19)3)26(2)10-8-17(30)12-16(26)13-22(24)31/h15-22,24,29-31H,4-14H2,1-3H3,(H,28,32)(H,33,34). The van der Waals surface area contributed by atoms with Crippen molar-refractivity contribution in [3.8, 4) is 0 Å². The van der Waals surface area contributed by atoms with Gasteiger partial charge in [-0.25, -0.2) is 4.79 Å². The van der Waals surface area contributed by atoms with Gasteiger partial charge >= 0.3 is 5.97 Å². The van der Waals surface area contributed by atoms with Crippen LogP contribution in [0.2, 0.25) is 0 Å². The summed E-state index contributed by atoms with van der Waals surface area (Å²) in [7, 11) is 0. The van der Waals surface area contributed by atoms with E-state index in [1.165, 1.54) is 0 Å². The first-order valence-electron chi connectivity index (χ1n) is 13.5. The van der Waals surface area contributed by atoms with E-state index in [1.807, 2.05) is 0 Å². The first-order chi connectivity index (χ1) is 16.0. The fraction of sp³-hybridized carbons (Fsp3) is 0.926. The summed E-state index contributed by atoms with van der Waals surface area (Å²) in [5, 5.41) is 42.2. The first kappa shape index (κ1) is 25.9. The van der Waals surface area contributed by atoms with Crippen molar-refractivity contribution >= 4 is 11.9 Å². The van der Waals surface area contributed by atoms with Crippen LogP contribution in [0.1, 0.15) is 85.0 Å². The Kier molecular flexibility index (Phi) is 7.39. The highest BCUT2D eigenvalue weighted by molar-refractivity contribution is 5.83. The van der Waals surface area contributed by atoms with E-state index in [9.17, 15) is 19.8 Å². The molecule has 7 heteroatoms. The molecular formula is C27H45NO6. The van der Waals surface area contributed by atoms with Crippen LogP contribution in [0.4, 0.5) is 0 Å². The molecule has 4 saturated carbocycles. The maximum Gasteiger partial charge on any atom is 0.328 e. The van der Waals surface area contributed by atoms with Gasteiger partial charge in [-0.05, 0) is 104 Å². The van der Waals surface area contributed by atoms with Gasteiger partial charge in [0.05, 0.1) is 18.8 Å². The number of carboxylic acid groups (broad SMARTS) is 1. The molecule has 1 amide bonds. The molecule has 194 valence electrons. The topological polar surface area (TPSA) is 127 Å². The Balaban J connectivity index is 1.42. The van der Waals surface area contributed by atoms with Gasteiger partial charge in [-0.3, -0.25) is 4.79 Å². The fourth-order valence-electron chi connectivity index (χ4n) is 9.19. The molecule has 0 aromatic heterocycles. The summed E-state index contributed by atoms with van der Waals surface area (Å²) < 4.78 is 0. The maximum atomic E-state index is 12.3. The molecule has 4 aliphatic carbocycles. The highest BCUT2D eigenvalue weighted by atomic mass is 16.4. The second-order valence-corrected chi connectivity index (χ2v) is 12.6. The quantitative estimate of drug-likeness (QED) is 0.382. The first-order valence-corrected chi connectivity index (χ1v) is 13.5. The average molecular weight is 480 g/mol. The van der Waals surface area contributed by atoms with Gasteiger partial charge in [0.1, 0.15) is 6.04 Å². The van der Waals surface area contributed by atoms with Crippen molar-refractivity contribution in [1.82, 2.24) is 5.32 Å². The predicted molar refractivity (Wildman–Crippen MR) is 128 cm³/mol. The second kappa shape index (κ2) is 9.70. The lowest BCUT2D eigenvalue weighted by atomic mass is 9.43. The summed E-state index contributed by atoms with van der Waals surface area (Å²) >= 11 is 0. The second-order valence-electron chi connectivity index (χ2n) is 12.6. The lowest BCUT2D eigenvalue weighted by Gasteiger charge is -2.62. The van der Waals surface area contributed by atoms with E-state index in [2.05, 4.69) is 26.1 Å². The Labute approximate surface area is 203 Å².